The van der Waals surface area contributed by atoms with Crippen LogP contribution in [0.4, 0.5) is 0 Å². The van der Waals surface area contributed by atoms with Gasteiger partial charge in [0.25, 0.3) is 0 Å². The Bertz CT molecular complexity index is 508. The molecule has 18 heavy (non-hydrogen) atoms. The van der Waals surface area contributed by atoms with Crippen molar-refractivity contribution in [2.24, 2.45) is 11.8 Å². The van der Waals surface area contributed by atoms with Crippen molar-refractivity contribution in [1.82, 2.24) is 5.14 Å². The predicted molar refractivity (Wildman–Crippen MR) is 70.6 cm³/mol. The number of carbonyl (C=O) groups is 1. The van der Waals surface area contributed by atoms with Crippen molar-refractivity contribution in [3.63, 3.8) is 0 Å². The molecule has 0 saturated carbocycles. The minimum atomic E-state index is -4.16. The lowest BCUT2D eigenvalue weighted by Crippen LogP contribution is -2.39. The summed E-state index contributed by atoms with van der Waals surface area (Å²) >= 11 is 0. The van der Waals surface area contributed by atoms with Gasteiger partial charge in [0.1, 0.15) is 5.25 Å². The Balaban J connectivity index is 3.18. The summed E-state index contributed by atoms with van der Waals surface area (Å²) in [6, 6.07) is 8.27. The van der Waals surface area contributed by atoms with Gasteiger partial charge in [-0.2, -0.15) is 0 Å². The largest absolute Gasteiger partial charge is 0.293 e. The Hall–Kier alpha value is -1.20. The predicted octanol–water partition coefficient (Wildman–Crippen LogP) is 2.14. The Morgan fingerprint density at radius 3 is 2.00 bits per heavy atom. The molecule has 0 aliphatic carbocycles. The summed E-state index contributed by atoms with van der Waals surface area (Å²) in [5, 5.41) is 5.95. The number of ketones is 1. The van der Waals surface area contributed by atoms with Crippen molar-refractivity contribution < 1.29 is 13.2 Å². The minimum Gasteiger partial charge on any atom is -0.293 e. The lowest BCUT2D eigenvalue weighted by molar-refractivity contribution is 0.0958. The second-order valence-electron chi connectivity index (χ2n) is 4.80. The molecule has 99 valence electrons. The van der Waals surface area contributed by atoms with Gasteiger partial charge in [-0.25, -0.2) is 8.42 Å². The highest BCUT2D eigenvalue weighted by atomic mass is 32.2. The summed E-state index contributed by atoms with van der Waals surface area (Å²) in [7, 11) is -4.16. The lowest BCUT2D eigenvalue weighted by atomic mass is 9.90. The fourth-order valence-electron chi connectivity index (χ4n) is 1.78. The molecule has 0 heterocycles. The van der Waals surface area contributed by atoms with Gasteiger partial charge in [-0.15, -0.1) is 5.14 Å². The van der Waals surface area contributed by atoms with Crippen LogP contribution in [-0.4, -0.2) is 19.5 Å². The van der Waals surface area contributed by atoms with E-state index in [1.54, 1.807) is 37.3 Å². The first-order valence-corrected chi connectivity index (χ1v) is 7.37. The number of sulfonamides is 1. The molecule has 4 nitrogen and oxygen atoms in total. The summed E-state index contributed by atoms with van der Waals surface area (Å²) < 4.78 is 23.1. The second kappa shape index (κ2) is 5.63. The number of carbonyl (C=O) groups excluding carboxylic acids is 1. The lowest BCUT2D eigenvalue weighted by Gasteiger charge is -2.23. The van der Waals surface area contributed by atoms with Crippen LogP contribution in [0.5, 0.6) is 0 Å². The van der Waals surface area contributed by atoms with Crippen LogP contribution in [0.25, 0.3) is 0 Å². The summed E-state index contributed by atoms with van der Waals surface area (Å²) in [4.78, 5) is 12.2. The van der Waals surface area contributed by atoms with E-state index in [0.717, 1.165) is 0 Å². The standard InChI is InChI=1S/C13H18NO3S/c1-9(2)10(3)13(18(14,16)17)12(15)11-7-5-4-6-8-11/h4-10,13-14H,1-3H3. The molecule has 1 aromatic rings. The zero-order chi connectivity index (χ0) is 13.9. The van der Waals surface area contributed by atoms with E-state index in [2.05, 4.69) is 0 Å². The van der Waals surface area contributed by atoms with Gasteiger partial charge in [0.2, 0.25) is 10.0 Å². The van der Waals surface area contributed by atoms with E-state index in [1.165, 1.54) is 0 Å². The molecule has 0 aliphatic rings. The molecule has 0 aromatic heterocycles. The molecular weight excluding hydrogens is 250 g/mol. The SMILES string of the molecule is CC(C)C(C)C(C(=O)c1ccccc1)S([NH])(=O)=O. The molecule has 2 atom stereocenters. The zero-order valence-corrected chi connectivity index (χ0v) is 11.6. The van der Waals surface area contributed by atoms with E-state index >= 15 is 0 Å². The number of hydrogen-bond acceptors (Lipinski definition) is 3. The van der Waals surface area contributed by atoms with Gasteiger partial charge in [0, 0.05) is 5.56 Å². The van der Waals surface area contributed by atoms with Crippen LogP contribution in [0, 0.1) is 11.8 Å². The van der Waals surface area contributed by atoms with E-state index in [-0.39, 0.29) is 11.8 Å². The molecule has 1 aromatic carbocycles. The molecule has 0 amide bonds. The monoisotopic (exact) mass is 268 g/mol. The molecule has 0 bridgehead atoms. The maximum absolute atomic E-state index is 12.2. The van der Waals surface area contributed by atoms with E-state index in [9.17, 15) is 13.2 Å². The number of nitrogens with one attached hydrogen (secondary N) is 1. The summed E-state index contributed by atoms with van der Waals surface area (Å²) in [5.74, 6) is -0.866. The Labute approximate surface area is 108 Å². The third-order valence-corrected chi connectivity index (χ3v) is 4.49. The van der Waals surface area contributed by atoms with Crippen LogP contribution >= 0.6 is 0 Å². The highest BCUT2D eigenvalue weighted by molar-refractivity contribution is 7.90. The van der Waals surface area contributed by atoms with Crippen LogP contribution in [0.1, 0.15) is 31.1 Å². The average Bonchev–Trinajstić information content (AvgIpc) is 2.28. The zero-order valence-electron chi connectivity index (χ0n) is 10.8. The smallest absolute Gasteiger partial charge is 0.235 e. The number of hydrogen-bond donors (Lipinski definition) is 0. The molecule has 5 heteroatoms. The van der Waals surface area contributed by atoms with Gasteiger partial charge in [0.15, 0.2) is 5.78 Å². The van der Waals surface area contributed by atoms with Crippen LogP contribution in [-0.2, 0) is 10.0 Å². The second-order valence-corrected chi connectivity index (χ2v) is 6.40. The van der Waals surface area contributed by atoms with Crippen LogP contribution in [0.15, 0.2) is 30.3 Å². The van der Waals surface area contributed by atoms with Crippen molar-refractivity contribution in [2.45, 2.75) is 26.0 Å². The van der Waals surface area contributed by atoms with Gasteiger partial charge in [0.05, 0.1) is 0 Å². The van der Waals surface area contributed by atoms with Crippen molar-refractivity contribution in [3.8, 4) is 0 Å². The third-order valence-electron chi connectivity index (χ3n) is 3.18. The van der Waals surface area contributed by atoms with E-state index < -0.39 is 21.1 Å². The summed E-state index contributed by atoms with van der Waals surface area (Å²) in [5.41, 5.74) is 0.339. The van der Waals surface area contributed by atoms with Crippen molar-refractivity contribution in [1.29, 1.82) is 0 Å². The van der Waals surface area contributed by atoms with Crippen LogP contribution < -0.4 is 5.14 Å². The Kier molecular flexibility index (Phi) is 4.65. The van der Waals surface area contributed by atoms with E-state index in [4.69, 9.17) is 5.14 Å². The minimum absolute atomic E-state index is 0.0165. The molecule has 0 saturated heterocycles. The van der Waals surface area contributed by atoms with Gasteiger partial charge in [-0.3, -0.25) is 4.79 Å². The first-order chi connectivity index (χ1) is 8.25. The molecule has 0 aliphatic heterocycles. The normalized spacial score (nSPS) is 15.4. The number of benzene rings is 1. The van der Waals surface area contributed by atoms with Crippen molar-refractivity contribution >= 4 is 15.8 Å². The maximum atomic E-state index is 12.2. The van der Waals surface area contributed by atoms with Crippen molar-refractivity contribution in [3.05, 3.63) is 35.9 Å². The van der Waals surface area contributed by atoms with Gasteiger partial charge >= 0.3 is 0 Å². The Morgan fingerprint density at radius 1 is 1.11 bits per heavy atom. The molecule has 0 spiro atoms. The average molecular weight is 268 g/mol. The van der Waals surface area contributed by atoms with Crippen LogP contribution in [0.2, 0.25) is 0 Å². The Morgan fingerprint density at radius 2 is 1.61 bits per heavy atom. The fourth-order valence-corrected chi connectivity index (χ4v) is 3.08. The highest BCUT2D eigenvalue weighted by Gasteiger charge is 2.37. The number of Topliss-reactive ketones (excluding diaryl/α,β-unsaturated/α-hetero) is 1. The van der Waals surface area contributed by atoms with Gasteiger partial charge < -0.3 is 0 Å². The maximum Gasteiger partial charge on any atom is 0.235 e. The molecule has 1 radical (unpaired) electrons. The van der Waals surface area contributed by atoms with Gasteiger partial charge in [-0.05, 0) is 11.8 Å². The van der Waals surface area contributed by atoms with Gasteiger partial charge in [-0.1, -0.05) is 51.1 Å². The topological polar surface area (TPSA) is 75.0 Å². The molecule has 1 N–H and O–H groups in total. The summed E-state index contributed by atoms with van der Waals surface area (Å²) in [6.45, 7) is 5.39. The fraction of sp³-hybridized carbons (Fsp3) is 0.462. The number of rotatable bonds is 5. The van der Waals surface area contributed by atoms with E-state index in [0.29, 0.717) is 5.56 Å². The third kappa shape index (κ3) is 3.40. The molecule has 1 rings (SSSR count). The summed E-state index contributed by atoms with van der Waals surface area (Å²) in [6.07, 6.45) is 0. The van der Waals surface area contributed by atoms with Crippen molar-refractivity contribution in [2.75, 3.05) is 0 Å². The first-order valence-electron chi connectivity index (χ1n) is 5.83. The quantitative estimate of drug-likeness (QED) is 0.768. The molecular formula is C13H18NO3S. The highest BCUT2D eigenvalue weighted by Crippen LogP contribution is 2.23. The first kappa shape index (κ1) is 14.9. The van der Waals surface area contributed by atoms with E-state index in [1.807, 2.05) is 13.8 Å². The molecule has 0 fully saturated rings. The molecule has 2 unspecified atom stereocenters. The van der Waals surface area contributed by atoms with Crippen LogP contribution in [0.3, 0.4) is 0 Å².